The Labute approximate surface area is 129 Å². The van der Waals surface area contributed by atoms with Gasteiger partial charge in [0.05, 0.1) is 13.0 Å². The average molecular weight is 304 g/mol. The molecule has 2 amide bonds. The van der Waals surface area contributed by atoms with Crippen molar-refractivity contribution in [1.29, 1.82) is 0 Å². The summed E-state index contributed by atoms with van der Waals surface area (Å²) in [6, 6.07) is 5.50. The van der Waals surface area contributed by atoms with Crippen molar-refractivity contribution in [2.24, 2.45) is 0 Å². The van der Waals surface area contributed by atoms with Gasteiger partial charge in [0.2, 0.25) is 11.8 Å². The molecule has 1 atom stereocenters. The molecule has 0 aromatic heterocycles. The SMILES string of the molecule is COc1ccc2c(c1)[C@H](C(=O)NC1CCOCC1)CC(=O)N2. The number of nitrogens with one attached hydrogen (secondary N) is 2. The first-order valence-corrected chi connectivity index (χ1v) is 7.53. The Morgan fingerprint density at radius 2 is 2.14 bits per heavy atom. The molecular weight excluding hydrogens is 284 g/mol. The molecule has 6 nitrogen and oxygen atoms in total. The summed E-state index contributed by atoms with van der Waals surface area (Å²) in [7, 11) is 1.58. The van der Waals surface area contributed by atoms with E-state index in [2.05, 4.69) is 10.6 Å². The molecule has 6 heteroatoms. The van der Waals surface area contributed by atoms with Gasteiger partial charge in [-0.1, -0.05) is 0 Å². The molecule has 2 N–H and O–H groups in total. The number of fused-ring (bicyclic) bond motifs is 1. The highest BCUT2D eigenvalue weighted by Crippen LogP contribution is 2.35. The first-order valence-electron chi connectivity index (χ1n) is 7.53. The summed E-state index contributed by atoms with van der Waals surface area (Å²) < 4.78 is 10.5. The van der Waals surface area contributed by atoms with Gasteiger partial charge in [0, 0.05) is 31.4 Å². The first-order chi connectivity index (χ1) is 10.7. The summed E-state index contributed by atoms with van der Waals surface area (Å²) in [5.41, 5.74) is 1.49. The van der Waals surface area contributed by atoms with Gasteiger partial charge in [0.15, 0.2) is 0 Å². The third-order valence-corrected chi connectivity index (χ3v) is 4.18. The molecule has 1 fully saturated rings. The predicted octanol–water partition coefficient (Wildman–Crippen LogP) is 1.42. The fourth-order valence-corrected chi connectivity index (χ4v) is 2.94. The van der Waals surface area contributed by atoms with Crippen molar-refractivity contribution in [3.63, 3.8) is 0 Å². The van der Waals surface area contributed by atoms with Crippen molar-refractivity contribution in [2.45, 2.75) is 31.2 Å². The first kappa shape index (κ1) is 14.8. The van der Waals surface area contributed by atoms with E-state index in [4.69, 9.17) is 9.47 Å². The summed E-state index contributed by atoms with van der Waals surface area (Å²) >= 11 is 0. The summed E-state index contributed by atoms with van der Waals surface area (Å²) in [4.78, 5) is 24.4. The van der Waals surface area contributed by atoms with E-state index in [9.17, 15) is 9.59 Å². The molecule has 0 bridgehead atoms. The van der Waals surface area contributed by atoms with E-state index in [0.29, 0.717) is 24.7 Å². The Balaban J connectivity index is 1.80. The molecule has 0 saturated carbocycles. The van der Waals surface area contributed by atoms with Crippen LogP contribution in [0.25, 0.3) is 0 Å². The maximum atomic E-state index is 12.6. The third-order valence-electron chi connectivity index (χ3n) is 4.18. The van der Waals surface area contributed by atoms with Crippen molar-refractivity contribution in [2.75, 3.05) is 25.6 Å². The van der Waals surface area contributed by atoms with Crippen molar-refractivity contribution in [1.82, 2.24) is 5.32 Å². The minimum Gasteiger partial charge on any atom is -0.497 e. The largest absolute Gasteiger partial charge is 0.497 e. The molecular formula is C16H20N2O4. The minimum absolute atomic E-state index is 0.101. The zero-order valence-electron chi connectivity index (χ0n) is 12.6. The quantitative estimate of drug-likeness (QED) is 0.885. The maximum Gasteiger partial charge on any atom is 0.228 e. The Bertz CT molecular complexity index is 582. The third kappa shape index (κ3) is 3.06. The molecule has 2 aliphatic rings. The smallest absolute Gasteiger partial charge is 0.228 e. The van der Waals surface area contributed by atoms with Crippen LogP contribution < -0.4 is 15.4 Å². The summed E-state index contributed by atoms with van der Waals surface area (Å²) in [5, 5.41) is 5.85. The van der Waals surface area contributed by atoms with E-state index < -0.39 is 5.92 Å². The Kier molecular flexibility index (Phi) is 4.29. The van der Waals surface area contributed by atoms with E-state index in [1.165, 1.54) is 0 Å². The number of methoxy groups -OCH3 is 1. The second-order valence-corrected chi connectivity index (χ2v) is 5.65. The highest BCUT2D eigenvalue weighted by atomic mass is 16.5. The van der Waals surface area contributed by atoms with Crippen molar-refractivity contribution in [3.8, 4) is 5.75 Å². The van der Waals surface area contributed by atoms with Crippen LogP contribution in [0, 0.1) is 0 Å². The summed E-state index contributed by atoms with van der Waals surface area (Å²) in [6.45, 7) is 1.33. The number of benzene rings is 1. The van der Waals surface area contributed by atoms with Gasteiger partial charge < -0.3 is 20.1 Å². The number of ether oxygens (including phenoxy) is 2. The molecule has 0 radical (unpaired) electrons. The number of carbonyl (C=O) groups excluding carboxylic acids is 2. The summed E-state index contributed by atoms with van der Waals surface area (Å²) in [5.74, 6) is -0.0264. The lowest BCUT2D eigenvalue weighted by atomic mass is 9.89. The van der Waals surface area contributed by atoms with Crippen LogP contribution >= 0.6 is 0 Å². The second-order valence-electron chi connectivity index (χ2n) is 5.65. The van der Waals surface area contributed by atoms with Gasteiger partial charge in [0.1, 0.15) is 5.75 Å². The molecule has 0 spiro atoms. The predicted molar refractivity (Wildman–Crippen MR) is 81.0 cm³/mol. The zero-order valence-corrected chi connectivity index (χ0v) is 12.6. The topological polar surface area (TPSA) is 76.7 Å². The standard InChI is InChI=1S/C16H20N2O4/c1-21-11-2-3-14-12(8-11)13(9-15(19)18-14)16(20)17-10-4-6-22-7-5-10/h2-3,8,10,13H,4-7,9H2,1H3,(H,17,20)(H,18,19)/t13-/m1/s1. The van der Waals surface area contributed by atoms with Gasteiger partial charge in [-0.3, -0.25) is 9.59 Å². The highest BCUT2D eigenvalue weighted by molar-refractivity contribution is 6.01. The van der Waals surface area contributed by atoms with Gasteiger partial charge in [-0.2, -0.15) is 0 Å². The van der Waals surface area contributed by atoms with Crippen molar-refractivity contribution >= 4 is 17.5 Å². The Hall–Kier alpha value is -2.08. The van der Waals surface area contributed by atoms with Gasteiger partial charge in [-0.25, -0.2) is 0 Å². The van der Waals surface area contributed by atoms with E-state index in [1.807, 2.05) is 6.07 Å². The van der Waals surface area contributed by atoms with Crippen LogP contribution in [0.2, 0.25) is 0 Å². The van der Waals surface area contributed by atoms with Gasteiger partial charge in [-0.15, -0.1) is 0 Å². The summed E-state index contributed by atoms with van der Waals surface area (Å²) in [6.07, 6.45) is 1.79. The van der Waals surface area contributed by atoms with Crippen molar-refractivity contribution in [3.05, 3.63) is 23.8 Å². The molecule has 1 saturated heterocycles. The van der Waals surface area contributed by atoms with Crippen LogP contribution in [0.3, 0.4) is 0 Å². The molecule has 1 aromatic rings. The fraction of sp³-hybridized carbons (Fsp3) is 0.500. The number of amides is 2. The molecule has 3 rings (SSSR count). The Morgan fingerprint density at radius 1 is 1.36 bits per heavy atom. The van der Waals surface area contributed by atoms with Crippen molar-refractivity contribution < 1.29 is 19.1 Å². The van der Waals surface area contributed by atoms with E-state index >= 15 is 0 Å². The van der Waals surface area contributed by atoms with Crippen LogP contribution in [0.15, 0.2) is 18.2 Å². The van der Waals surface area contributed by atoms with E-state index in [-0.39, 0.29) is 24.3 Å². The monoisotopic (exact) mass is 304 g/mol. The number of hydrogen-bond acceptors (Lipinski definition) is 4. The molecule has 0 aliphatic carbocycles. The van der Waals surface area contributed by atoms with Crippen LogP contribution in [0.1, 0.15) is 30.7 Å². The second kappa shape index (κ2) is 6.36. The van der Waals surface area contributed by atoms with Crippen LogP contribution in [-0.4, -0.2) is 38.2 Å². The molecule has 118 valence electrons. The lowest BCUT2D eigenvalue weighted by Gasteiger charge is -2.29. The zero-order chi connectivity index (χ0) is 15.5. The number of hydrogen-bond donors (Lipinski definition) is 2. The van der Waals surface area contributed by atoms with Gasteiger partial charge in [0.25, 0.3) is 0 Å². The number of rotatable bonds is 3. The molecule has 22 heavy (non-hydrogen) atoms. The normalized spacial score (nSPS) is 21.7. The highest BCUT2D eigenvalue weighted by Gasteiger charge is 2.32. The number of anilines is 1. The average Bonchev–Trinajstić information content (AvgIpc) is 2.54. The van der Waals surface area contributed by atoms with E-state index in [0.717, 1.165) is 18.4 Å². The van der Waals surface area contributed by atoms with Crippen LogP contribution in [-0.2, 0) is 14.3 Å². The molecule has 0 unspecified atom stereocenters. The lowest BCUT2D eigenvalue weighted by Crippen LogP contribution is -2.43. The van der Waals surface area contributed by atoms with Crippen LogP contribution in [0.4, 0.5) is 5.69 Å². The fourth-order valence-electron chi connectivity index (χ4n) is 2.94. The maximum absolute atomic E-state index is 12.6. The minimum atomic E-state index is -0.471. The van der Waals surface area contributed by atoms with Gasteiger partial charge >= 0.3 is 0 Å². The molecule has 2 aliphatic heterocycles. The Morgan fingerprint density at radius 3 is 2.86 bits per heavy atom. The van der Waals surface area contributed by atoms with Gasteiger partial charge in [-0.05, 0) is 36.6 Å². The lowest BCUT2D eigenvalue weighted by molar-refractivity contribution is -0.127. The van der Waals surface area contributed by atoms with Crippen LogP contribution in [0.5, 0.6) is 5.75 Å². The molecule has 2 heterocycles. The van der Waals surface area contributed by atoms with E-state index in [1.54, 1.807) is 19.2 Å². The number of carbonyl (C=O) groups is 2. The molecule has 1 aromatic carbocycles.